The standard InChI is InChI=1S/C22H20ClF3N4O/c1-12-3-6-14(7-4-12)18-10-19(22(24,25)26)30-20(28-18)16(11-27-30)21(31)29-17-9-15(23)8-5-13(17)2/h3-9,11,18-19,28H,10H2,1-2H3,(H,29,31)/t18-,19-/m1/s1. The molecule has 0 fully saturated rings. The molecule has 0 aliphatic carbocycles. The number of halogens is 4. The van der Waals surface area contributed by atoms with E-state index in [0.29, 0.717) is 16.3 Å². The average Bonchev–Trinajstić information content (AvgIpc) is 3.14. The number of aromatic nitrogens is 2. The number of carbonyl (C=O) groups excluding carboxylic acids is 1. The van der Waals surface area contributed by atoms with Crippen LogP contribution in [0.3, 0.4) is 0 Å². The van der Waals surface area contributed by atoms with Crippen molar-refractivity contribution >= 4 is 29.0 Å². The summed E-state index contributed by atoms with van der Waals surface area (Å²) < 4.78 is 42.3. The summed E-state index contributed by atoms with van der Waals surface area (Å²) in [6.07, 6.45) is -3.58. The van der Waals surface area contributed by atoms with Gasteiger partial charge in [-0.2, -0.15) is 18.3 Å². The van der Waals surface area contributed by atoms with E-state index in [9.17, 15) is 18.0 Å². The summed E-state index contributed by atoms with van der Waals surface area (Å²) in [5.41, 5.74) is 3.01. The summed E-state index contributed by atoms with van der Waals surface area (Å²) >= 11 is 6.00. The van der Waals surface area contributed by atoms with Crippen LogP contribution in [0.5, 0.6) is 0 Å². The second kappa shape index (κ2) is 7.92. The predicted octanol–water partition coefficient (Wildman–Crippen LogP) is 6.07. The third-order valence-electron chi connectivity index (χ3n) is 5.41. The third-order valence-corrected chi connectivity index (χ3v) is 5.65. The largest absolute Gasteiger partial charge is 0.410 e. The van der Waals surface area contributed by atoms with Crippen molar-refractivity contribution in [1.82, 2.24) is 9.78 Å². The Bertz CT molecular complexity index is 1120. The smallest absolute Gasteiger partial charge is 0.363 e. The maximum Gasteiger partial charge on any atom is 0.410 e. The molecule has 1 aliphatic heterocycles. The van der Waals surface area contributed by atoms with E-state index in [1.54, 1.807) is 37.3 Å². The molecular formula is C22H20ClF3N4O. The summed E-state index contributed by atoms with van der Waals surface area (Å²) in [5, 5.41) is 10.1. The van der Waals surface area contributed by atoms with Crippen LogP contribution in [0.2, 0.25) is 5.02 Å². The Morgan fingerprint density at radius 3 is 2.58 bits per heavy atom. The van der Waals surface area contributed by atoms with Crippen LogP contribution in [-0.2, 0) is 0 Å². The van der Waals surface area contributed by atoms with Crippen molar-refractivity contribution in [2.75, 3.05) is 10.6 Å². The SMILES string of the molecule is Cc1ccc([C@H]2C[C@H](C(F)(F)F)n3ncc(C(=O)Nc4cc(Cl)ccc4C)c3N2)cc1. The van der Waals surface area contributed by atoms with E-state index in [1.807, 2.05) is 19.1 Å². The fourth-order valence-electron chi connectivity index (χ4n) is 3.66. The van der Waals surface area contributed by atoms with Gasteiger partial charge in [-0.05, 0) is 37.1 Å². The van der Waals surface area contributed by atoms with Crippen LogP contribution in [-0.4, -0.2) is 21.9 Å². The predicted molar refractivity (Wildman–Crippen MR) is 114 cm³/mol. The molecule has 31 heavy (non-hydrogen) atoms. The number of hydrogen-bond acceptors (Lipinski definition) is 3. The molecule has 4 rings (SSSR count). The van der Waals surface area contributed by atoms with E-state index in [0.717, 1.165) is 22.0 Å². The molecule has 2 heterocycles. The number of hydrogen-bond donors (Lipinski definition) is 2. The summed E-state index contributed by atoms with van der Waals surface area (Å²) in [4.78, 5) is 12.9. The molecule has 0 saturated carbocycles. The molecule has 0 spiro atoms. The van der Waals surface area contributed by atoms with Crippen LogP contribution in [0.25, 0.3) is 0 Å². The van der Waals surface area contributed by atoms with Crippen LogP contribution in [0.1, 0.15) is 45.6 Å². The Morgan fingerprint density at radius 1 is 1.19 bits per heavy atom. The van der Waals surface area contributed by atoms with E-state index in [2.05, 4.69) is 15.7 Å². The van der Waals surface area contributed by atoms with Gasteiger partial charge >= 0.3 is 6.18 Å². The molecule has 1 amide bonds. The fraction of sp³-hybridized carbons (Fsp3) is 0.273. The first-order valence-corrected chi connectivity index (χ1v) is 10.1. The van der Waals surface area contributed by atoms with Crippen molar-refractivity contribution in [2.45, 2.75) is 38.5 Å². The molecule has 2 N–H and O–H groups in total. The first-order valence-electron chi connectivity index (χ1n) is 9.68. The molecule has 0 saturated heterocycles. The van der Waals surface area contributed by atoms with Gasteiger partial charge in [0.2, 0.25) is 0 Å². The zero-order valence-electron chi connectivity index (χ0n) is 16.8. The first kappa shape index (κ1) is 21.2. The van der Waals surface area contributed by atoms with E-state index < -0.39 is 24.2 Å². The lowest BCUT2D eigenvalue weighted by molar-refractivity contribution is -0.173. The highest BCUT2D eigenvalue weighted by molar-refractivity contribution is 6.31. The number of amides is 1. The second-order valence-corrected chi connectivity index (χ2v) is 8.10. The maximum atomic E-state index is 13.8. The number of nitrogens with zero attached hydrogens (tertiary/aromatic N) is 2. The first-order chi connectivity index (χ1) is 14.6. The quantitative estimate of drug-likeness (QED) is 0.511. The summed E-state index contributed by atoms with van der Waals surface area (Å²) in [7, 11) is 0. The van der Waals surface area contributed by atoms with Crippen molar-refractivity contribution in [3.05, 3.63) is 75.9 Å². The van der Waals surface area contributed by atoms with Gasteiger partial charge in [-0.3, -0.25) is 4.79 Å². The molecule has 2 atom stereocenters. The number of rotatable bonds is 3. The Kier molecular flexibility index (Phi) is 5.43. The summed E-state index contributed by atoms with van der Waals surface area (Å²) in [5.74, 6) is -0.527. The van der Waals surface area contributed by atoms with Crippen LogP contribution in [0, 0.1) is 13.8 Å². The minimum Gasteiger partial charge on any atom is -0.363 e. The molecule has 0 radical (unpaired) electrons. The van der Waals surface area contributed by atoms with E-state index in [4.69, 9.17) is 11.6 Å². The molecule has 2 aromatic carbocycles. The minimum atomic E-state index is -4.51. The lowest BCUT2D eigenvalue weighted by Crippen LogP contribution is -2.36. The highest BCUT2D eigenvalue weighted by atomic mass is 35.5. The van der Waals surface area contributed by atoms with Crippen molar-refractivity contribution in [3.8, 4) is 0 Å². The molecule has 1 aliphatic rings. The Balaban J connectivity index is 1.70. The summed E-state index contributed by atoms with van der Waals surface area (Å²) in [6.45, 7) is 3.71. The number of nitrogens with one attached hydrogen (secondary N) is 2. The molecule has 5 nitrogen and oxygen atoms in total. The van der Waals surface area contributed by atoms with Gasteiger partial charge in [-0.15, -0.1) is 0 Å². The second-order valence-electron chi connectivity index (χ2n) is 7.67. The highest BCUT2D eigenvalue weighted by Gasteiger charge is 2.47. The zero-order chi connectivity index (χ0) is 22.3. The molecule has 0 unspecified atom stereocenters. The molecule has 0 bridgehead atoms. The number of benzene rings is 2. The number of carbonyl (C=O) groups is 1. The van der Waals surface area contributed by atoms with Gasteiger partial charge in [0.15, 0.2) is 6.04 Å². The average molecular weight is 449 g/mol. The Hall–Kier alpha value is -3.00. The number of alkyl halides is 3. The highest BCUT2D eigenvalue weighted by Crippen LogP contribution is 2.44. The molecule has 1 aromatic heterocycles. The van der Waals surface area contributed by atoms with Crippen LogP contribution < -0.4 is 10.6 Å². The van der Waals surface area contributed by atoms with Crippen molar-refractivity contribution in [1.29, 1.82) is 0 Å². The van der Waals surface area contributed by atoms with Gasteiger partial charge in [-0.1, -0.05) is 47.5 Å². The van der Waals surface area contributed by atoms with Gasteiger partial charge < -0.3 is 10.6 Å². The van der Waals surface area contributed by atoms with Crippen molar-refractivity contribution < 1.29 is 18.0 Å². The van der Waals surface area contributed by atoms with E-state index in [1.165, 1.54) is 0 Å². The Morgan fingerprint density at radius 2 is 1.90 bits per heavy atom. The number of fused-ring (bicyclic) bond motifs is 1. The topological polar surface area (TPSA) is 59.0 Å². The molecule has 3 aromatic rings. The third kappa shape index (κ3) is 4.25. The fourth-order valence-corrected chi connectivity index (χ4v) is 3.84. The Labute approximate surface area is 182 Å². The molecule has 162 valence electrons. The van der Waals surface area contributed by atoms with Gasteiger partial charge in [0, 0.05) is 17.1 Å². The minimum absolute atomic E-state index is 0.0328. The van der Waals surface area contributed by atoms with Crippen LogP contribution >= 0.6 is 11.6 Å². The lowest BCUT2D eigenvalue weighted by atomic mass is 9.96. The van der Waals surface area contributed by atoms with Gasteiger partial charge in [-0.25, -0.2) is 4.68 Å². The van der Waals surface area contributed by atoms with E-state index >= 15 is 0 Å². The van der Waals surface area contributed by atoms with E-state index in [-0.39, 0.29) is 17.8 Å². The van der Waals surface area contributed by atoms with Crippen LogP contribution in [0.15, 0.2) is 48.7 Å². The maximum absolute atomic E-state index is 13.8. The number of aryl methyl sites for hydroxylation is 2. The number of anilines is 2. The van der Waals surface area contributed by atoms with Gasteiger partial charge in [0.1, 0.15) is 11.4 Å². The monoisotopic (exact) mass is 448 g/mol. The van der Waals surface area contributed by atoms with Crippen LogP contribution in [0.4, 0.5) is 24.7 Å². The normalized spacial score (nSPS) is 18.3. The van der Waals surface area contributed by atoms with Crippen molar-refractivity contribution in [2.24, 2.45) is 0 Å². The summed E-state index contributed by atoms with van der Waals surface area (Å²) in [6, 6.07) is 9.85. The molecular weight excluding hydrogens is 429 g/mol. The zero-order valence-corrected chi connectivity index (χ0v) is 17.6. The lowest BCUT2D eigenvalue weighted by Gasteiger charge is -2.34. The molecule has 9 heteroatoms. The van der Waals surface area contributed by atoms with Crippen molar-refractivity contribution in [3.63, 3.8) is 0 Å². The van der Waals surface area contributed by atoms with Gasteiger partial charge in [0.05, 0.1) is 12.2 Å². The van der Waals surface area contributed by atoms with Gasteiger partial charge in [0.25, 0.3) is 5.91 Å².